The summed E-state index contributed by atoms with van der Waals surface area (Å²) in [5, 5.41) is 8.52. The molecule has 3 aromatic carbocycles. The van der Waals surface area contributed by atoms with E-state index in [2.05, 4.69) is 31.0 Å². The van der Waals surface area contributed by atoms with Crippen LogP contribution in [0.2, 0.25) is 0 Å². The summed E-state index contributed by atoms with van der Waals surface area (Å²) in [7, 11) is 0. The average molecular weight is 503 g/mol. The van der Waals surface area contributed by atoms with Crippen molar-refractivity contribution in [1.29, 1.82) is 0 Å². The quantitative estimate of drug-likeness (QED) is 0.0899. The molecule has 0 aromatic heterocycles. The molecular weight excluding hydrogens is 464 g/mol. The van der Waals surface area contributed by atoms with E-state index in [4.69, 9.17) is 14.2 Å². The smallest absolute Gasteiger partial charge is 0.343 e. The lowest BCUT2D eigenvalue weighted by Crippen LogP contribution is -2.08. The molecule has 0 aliphatic rings. The zero-order valence-electron chi connectivity index (χ0n) is 22.2. The van der Waals surface area contributed by atoms with Gasteiger partial charge in [-0.05, 0) is 91.6 Å². The molecule has 0 aliphatic carbocycles. The van der Waals surface area contributed by atoms with Crippen LogP contribution in [0.25, 0.3) is 0 Å². The molecule has 0 saturated heterocycles. The maximum atomic E-state index is 12.5. The number of nitrogens with zero attached hydrogens (tertiary/aromatic N) is 2. The van der Waals surface area contributed by atoms with Crippen molar-refractivity contribution < 1.29 is 19.0 Å². The summed E-state index contributed by atoms with van der Waals surface area (Å²) in [5.74, 6) is 2.22. The van der Waals surface area contributed by atoms with Gasteiger partial charge in [-0.2, -0.15) is 10.2 Å². The van der Waals surface area contributed by atoms with E-state index in [1.54, 1.807) is 48.5 Å². The van der Waals surface area contributed by atoms with Gasteiger partial charge in [-0.3, -0.25) is 0 Å². The highest BCUT2D eigenvalue weighted by Gasteiger charge is 2.09. The summed E-state index contributed by atoms with van der Waals surface area (Å²) in [6.07, 6.45) is 6.99. The molecule has 0 bridgehead atoms. The number of unbranched alkanes of at least 4 members (excludes halogenated alkanes) is 4. The van der Waals surface area contributed by atoms with Gasteiger partial charge in [-0.25, -0.2) is 4.79 Å². The van der Waals surface area contributed by atoms with Crippen molar-refractivity contribution in [2.24, 2.45) is 16.1 Å². The third kappa shape index (κ3) is 10.5. The van der Waals surface area contributed by atoms with Crippen LogP contribution in [0.3, 0.4) is 0 Å². The van der Waals surface area contributed by atoms with Crippen molar-refractivity contribution in [2.75, 3.05) is 13.2 Å². The lowest BCUT2D eigenvalue weighted by atomic mass is 10.1. The first-order valence-electron chi connectivity index (χ1n) is 13.2. The third-order valence-corrected chi connectivity index (χ3v) is 5.74. The lowest BCUT2D eigenvalue weighted by Gasteiger charge is -2.08. The normalized spacial score (nSPS) is 11.1. The van der Waals surface area contributed by atoms with Gasteiger partial charge in [0.25, 0.3) is 0 Å². The molecule has 0 N–H and O–H groups in total. The maximum Gasteiger partial charge on any atom is 0.343 e. The lowest BCUT2D eigenvalue weighted by molar-refractivity contribution is 0.0734. The molecule has 0 spiro atoms. The zero-order valence-corrected chi connectivity index (χ0v) is 22.2. The number of azo groups is 1. The zero-order chi connectivity index (χ0) is 26.3. The Morgan fingerprint density at radius 3 is 1.76 bits per heavy atom. The molecule has 0 radical (unpaired) electrons. The van der Waals surface area contributed by atoms with Crippen LogP contribution in [0.15, 0.2) is 83.0 Å². The highest BCUT2D eigenvalue weighted by Crippen LogP contribution is 2.24. The van der Waals surface area contributed by atoms with Gasteiger partial charge < -0.3 is 14.2 Å². The van der Waals surface area contributed by atoms with Crippen LogP contribution in [0, 0.1) is 5.92 Å². The first-order valence-corrected chi connectivity index (χ1v) is 13.2. The maximum absolute atomic E-state index is 12.5. The highest BCUT2D eigenvalue weighted by molar-refractivity contribution is 5.91. The Kier molecular flexibility index (Phi) is 11.6. The van der Waals surface area contributed by atoms with E-state index in [9.17, 15) is 4.79 Å². The van der Waals surface area contributed by atoms with Gasteiger partial charge in [-0.15, -0.1) is 0 Å². The Labute approximate surface area is 220 Å². The molecule has 3 aromatic rings. The van der Waals surface area contributed by atoms with E-state index in [1.165, 1.54) is 25.7 Å². The van der Waals surface area contributed by atoms with Gasteiger partial charge in [0.05, 0.1) is 30.2 Å². The second-order valence-corrected chi connectivity index (χ2v) is 9.40. The summed E-state index contributed by atoms with van der Waals surface area (Å²) in [6.45, 7) is 7.95. The van der Waals surface area contributed by atoms with Gasteiger partial charge in [0.15, 0.2) is 0 Å². The minimum absolute atomic E-state index is 0.420. The predicted molar refractivity (Wildman–Crippen MR) is 148 cm³/mol. The van der Waals surface area contributed by atoms with E-state index >= 15 is 0 Å². The van der Waals surface area contributed by atoms with Gasteiger partial charge >= 0.3 is 5.97 Å². The number of rotatable bonds is 15. The molecule has 196 valence electrons. The molecule has 0 amide bonds. The van der Waals surface area contributed by atoms with E-state index < -0.39 is 5.97 Å². The van der Waals surface area contributed by atoms with Gasteiger partial charge in [0.2, 0.25) is 0 Å². The summed E-state index contributed by atoms with van der Waals surface area (Å²) >= 11 is 0. The molecule has 0 unspecified atom stereocenters. The van der Waals surface area contributed by atoms with Crippen molar-refractivity contribution in [3.8, 4) is 17.2 Å². The molecule has 0 fully saturated rings. The number of carbonyl (C=O) groups is 1. The first-order chi connectivity index (χ1) is 18.0. The van der Waals surface area contributed by atoms with Crippen molar-refractivity contribution in [2.45, 2.75) is 59.3 Å². The van der Waals surface area contributed by atoms with Gasteiger partial charge in [-0.1, -0.05) is 46.5 Å². The van der Waals surface area contributed by atoms with Crippen molar-refractivity contribution in [3.05, 3.63) is 78.4 Å². The molecule has 0 saturated carbocycles. The fourth-order valence-corrected chi connectivity index (χ4v) is 3.47. The molecule has 6 heteroatoms. The summed E-state index contributed by atoms with van der Waals surface area (Å²) in [6, 6.07) is 21.5. The summed E-state index contributed by atoms with van der Waals surface area (Å²) in [4.78, 5) is 12.5. The van der Waals surface area contributed by atoms with Crippen LogP contribution in [0.1, 0.15) is 69.7 Å². The van der Waals surface area contributed by atoms with Gasteiger partial charge in [0, 0.05) is 0 Å². The molecule has 3 rings (SSSR count). The van der Waals surface area contributed by atoms with Crippen molar-refractivity contribution in [1.82, 2.24) is 0 Å². The second-order valence-electron chi connectivity index (χ2n) is 9.40. The first kappa shape index (κ1) is 27.9. The number of esters is 1. The Morgan fingerprint density at radius 2 is 1.19 bits per heavy atom. The number of hydrogen-bond acceptors (Lipinski definition) is 6. The minimum Gasteiger partial charge on any atom is -0.494 e. The highest BCUT2D eigenvalue weighted by atomic mass is 16.5. The number of carbonyl (C=O) groups excluding carboxylic acids is 1. The molecular formula is C31H38N2O4. The fourth-order valence-electron chi connectivity index (χ4n) is 3.47. The molecule has 6 nitrogen and oxygen atoms in total. The molecule has 0 aliphatic heterocycles. The predicted octanol–water partition coefficient (Wildman–Crippen LogP) is 9.10. The summed E-state index contributed by atoms with van der Waals surface area (Å²) in [5.41, 5.74) is 1.86. The van der Waals surface area contributed by atoms with Crippen LogP contribution >= 0.6 is 0 Å². The second kappa shape index (κ2) is 15.4. The number of benzene rings is 3. The molecule has 0 atom stereocenters. The van der Waals surface area contributed by atoms with E-state index in [-0.39, 0.29) is 0 Å². The van der Waals surface area contributed by atoms with Crippen LogP contribution in [-0.2, 0) is 0 Å². The Hall–Kier alpha value is -3.67. The Balaban J connectivity index is 1.44. The third-order valence-electron chi connectivity index (χ3n) is 5.74. The van der Waals surface area contributed by atoms with E-state index in [0.717, 1.165) is 30.0 Å². The Bertz CT molecular complexity index is 1090. The topological polar surface area (TPSA) is 69.5 Å². The van der Waals surface area contributed by atoms with Crippen LogP contribution < -0.4 is 14.2 Å². The Morgan fingerprint density at radius 1 is 0.676 bits per heavy atom. The van der Waals surface area contributed by atoms with E-state index in [0.29, 0.717) is 36.1 Å². The molecule has 37 heavy (non-hydrogen) atoms. The average Bonchev–Trinajstić information content (AvgIpc) is 2.91. The van der Waals surface area contributed by atoms with Crippen LogP contribution in [-0.4, -0.2) is 19.2 Å². The summed E-state index contributed by atoms with van der Waals surface area (Å²) < 4.78 is 17.0. The molecule has 0 heterocycles. The van der Waals surface area contributed by atoms with Crippen molar-refractivity contribution in [3.63, 3.8) is 0 Å². The standard InChI is InChI=1S/C31H38N2O4/c1-4-5-6-7-8-22-35-28-15-9-25(10-16-28)31(34)37-30-19-13-27(14-20-30)33-32-26-11-17-29(18-12-26)36-23-21-24(2)3/h9-20,24H,4-8,21-23H2,1-3H3. The largest absolute Gasteiger partial charge is 0.494 e. The van der Waals surface area contributed by atoms with Crippen molar-refractivity contribution >= 4 is 17.3 Å². The SMILES string of the molecule is CCCCCCCOc1ccc(C(=O)Oc2ccc(N=Nc3ccc(OCCC(C)C)cc3)cc2)cc1. The van der Waals surface area contributed by atoms with Crippen LogP contribution in [0.5, 0.6) is 17.2 Å². The fraction of sp³-hybridized carbons (Fsp3) is 0.387. The monoisotopic (exact) mass is 502 g/mol. The van der Waals surface area contributed by atoms with Gasteiger partial charge in [0.1, 0.15) is 17.2 Å². The number of ether oxygens (including phenoxy) is 3. The minimum atomic E-state index is -0.420. The van der Waals surface area contributed by atoms with E-state index in [1.807, 2.05) is 24.3 Å². The number of hydrogen-bond donors (Lipinski definition) is 0. The van der Waals surface area contributed by atoms with Crippen LogP contribution in [0.4, 0.5) is 11.4 Å².